The van der Waals surface area contributed by atoms with E-state index < -0.39 is 16.8 Å². The van der Waals surface area contributed by atoms with E-state index in [1.54, 1.807) is 87.2 Å². The van der Waals surface area contributed by atoms with Crippen LogP contribution in [-0.2, 0) is 11.2 Å². The van der Waals surface area contributed by atoms with Crippen molar-refractivity contribution in [3.05, 3.63) is 82.3 Å². The molecule has 0 aliphatic heterocycles. The fraction of sp³-hybridized carbons (Fsp3) is 0.333. The number of fused-ring (bicyclic) bond motifs is 1. The summed E-state index contributed by atoms with van der Waals surface area (Å²) in [6.07, 6.45) is 3.52. The molecule has 3 aromatic rings. The number of carboxylic acids is 1. The van der Waals surface area contributed by atoms with Crippen LogP contribution in [0.2, 0.25) is 5.02 Å². The molecule has 3 rings (SSSR count). The maximum absolute atomic E-state index is 14.0. The number of aliphatic carboxylic acids is 1. The Morgan fingerprint density at radius 2 is 1.77 bits per heavy atom. The molecule has 2 aromatic heterocycles. The Balaban J connectivity index is 2.31. The van der Waals surface area contributed by atoms with E-state index in [2.05, 4.69) is 11.6 Å². The van der Waals surface area contributed by atoms with Crippen LogP contribution in [0.5, 0.6) is 5.75 Å². The number of rotatable bonds is 11. The molecule has 0 spiro atoms. The monoisotopic (exact) mass is 568 g/mol. The highest BCUT2D eigenvalue weighted by atomic mass is 35.5. The molecule has 7 nitrogen and oxygen atoms in total. The number of benzene rings is 1. The normalized spacial score (nSPS) is 12.2. The second-order valence-electron chi connectivity index (χ2n) is 10.9. The highest BCUT2D eigenvalue weighted by molar-refractivity contribution is 8.11. The second-order valence-corrected chi connectivity index (χ2v) is 12.0. The number of Topliss-reactive ketones (excluding diaryl/α,β-unsaturated/α-hetero) is 1. The molecule has 0 fully saturated rings. The number of ketones is 2. The molecule has 1 N–H and O–H groups in total. The van der Waals surface area contributed by atoms with E-state index in [0.717, 1.165) is 0 Å². The molecule has 0 bridgehead atoms. The Morgan fingerprint density at radius 3 is 2.33 bits per heavy atom. The lowest BCUT2D eigenvalue weighted by molar-refractivity contribution is -0.146. The predicted molar refractivity (Wildman–Crippen MR) is 158 cm³/mol. The van der Waals surface area contributed by atoms with Gasteiger partial charge in [0.2, 0.25) is 5.78 Å². The Labute approximate surface area is 237 Å². The van der Waals surface area contributed by atoms with Gasteiger partial charge in [-0.15, -0.1) is 11.8 Å². The molecule has 0 radical (unpaired) electrons. The number of carbonyl (C=O) groups is 3. The first kappa shape index (κ1) is 30.2. The summed E-state index contributed by atoms with van der Waals surface area (Å²) in [6, 6.07) is 9.84. The van der Waals surface area contributed by atoms with Crippen molar-refractivity contribution in [2.75, 3.05) is 12.9 Å². The minimum Gasteiger partial charge on any atom is -0.487 e. The summed E-state index contributed by atoms with van der Waals surface area (Å²) in [5, 5.41) is 10.4. The topological polar surface area (TPSA) is 97.4 Å². The van der Waals surface area contributed by atoms with Crippen molar-refractivity contribution >= 4 is 52.0 Å². The molecule has 0 atom stereocenters. The van der Waals surface area contributed by atoms with Gasteiger partial charge in [0.15, 0.2) is 5.78 Å². The predicted octanol–water partition coefficient (Wildman–Crippen LogP) is 6.99. The number of ether oxygens (including phenoxy) is 1. The molecule has 1 aromatic carbocycles. The highest BCUT2D eigenvalue weighted by Crippen LogP contribution is 2.37. The van der Waals surface area contributed by atoms with E-state index in [-0.39, 0.29) is 30.3 Å². The fourth-order valence-corrected chi connectivity index (χ4v) is 4.39. The van der Waals surface area contributed by atoms with Crippen LogP contribution in [0, 0.1) is 10.8 Å². The third-order valence-electron chi connectivity index (χ3n) is 6.18. The zero-order valence-corrected chi connectivity index (χ0v) is 24.6. The van der Waals surface area contributed by atoms with E-state index in [1.165, 1.54) is 11.8 Å². The van der Waals surface area contributed by atoms with Crippen LogP contribution in [0.25, 0.3) is 5.52 Å². The number of hydrogen-bond donors (Lipinski definition) is 1. The number of nitrogens with zero attached hydrogens (tertiary/aromatic N) is 2. The number of hydrogen-bond acceptors (Lipinski definition) is 6. The highest BCUT2D eigenvalue weighted by Gasteiger charge is 2.37. The third-order valence-corrected chi connectivity index (χ3v) is 6.75. The zero-order valence-electron chi connectivity index (χ0n) is 23.0. The summed E-state index contributed by atoms with van der Waals surface area (Å²) in [4.78, 5) is 44.2. The van der Waals surface area contributed by atoms with Crippen molar-refractivity contribution in [3.63, 3.8) is 0 Å². The second kappa shape index (κ2) is 11.8. The van der Waals surface area contributed by atoms with Crippen molar-refractivity contribution in [1.82, 2.24) is 4.40 Å². The average Bonchev–Trinajstić information content (AvgIpc) is 3.16. The van der Waals surface area contributed by atoms with Crippen LogP contribution < -0.4 is 4.74 Å². The number of halogens is 1. The summed E-state index contributed by atoms with van der Waals surface area (Å²) in [5.74, 6) is -1.14. The van der Waals surface area contributed by atoms with Gasteiger partial charge in [-0.25, -0.2) is 0 Å². The lowest BCUT2D eigenvalue weighted by Gasteiger charge is -2.22. The quantitative estimate of drug-likeness (QED) is 0.152. The van der Waals surface area contributed by atoms with E-state index in [1.807, 2.05) is 6.26 Å². The molecular formula is C30H33ClN2O5S. The van der Waals surface area contributed by atoms with Crippen molar-refractivity contribution in [3.8, 4) is 5.75 Å². The Kier molecular flexibility index (Phi) is 9.13. The maximum atomic E-state index is 14.0. The van der Waals surface area contributed by atoms with Crippen molar-refractivity contribution < 1.29 is 24.2 Å². The van der Waals surface area contributed by atoms with Gasteiger partial charge < -0.3 is 14.2 Å². The van der Waals surface area contributed by atoms with Crippen LogP contribution >= 0.6 is 23.4 Å². The first-order valence-corrected chi connectivity index (χ1v) is 13.9. The van der Waals surface area contributed by atoms with E-state index in [4.69, 9.17) is 16.3 Å². The van der Waals surface area contributed by atoms with Crippen LogP contribution in [0.4, 0.5) is 0 Å². The van der Waals surface area contributed by atoms with Gasteiger partial charge >= 0.3 is 5.97 Å². The summed E-state index contributed by atoms with van der Waals surface area (Å²) in [5.41, 5.74) is 1.87. The molecule has 0 saturated heterocycles. The molecule has 0 amide bonds. The Bertz CT molecular complexity index is 1460. The van der Waals surface area contributed by atoms with Crippen molar-refractivity contribution in [2.24, 2.45) is 15.8 Å². The third kappa shape index (κ3) is 6.81. The fourth-order valence-electron chi connectivity index (χ4n) is 4.01. The Hall–Kier alpha value is -3.36. The number of pyridine rings is 1. The number of carbonyl (C=O) groups excluding carboxylic acids is 2. The number of aromatic nitrogens is 1. The van der Waals surface area contributed by atoms with Gasteiger partial charge in [0.05, 0.1) is 27.9 Å². The van der Waals surface area contributed by atoms with E-state index in [0.29, 0.717) is 38.7 Å². The van der Waals surface area contributed by atoms with Crippen LogP contribution in [-0.4, -0.2) is 45.5 Å². The summed E-state index contributed by atoms with van der Waals surface area (Å²) < 4.78 is 7.55. The number of thioether (sulfide) groups is 1. The minimum atomic E-state index is -1.25. The maximum Gasteiger partial charge on any atom is 0.309 e. The standard InChI is InChI=1S/C30H33ClN2O5S/c1-18(32-17-39-7)16-38-21-12-13-33-23(14-21)24(27(35)29(2,3)4)22(15-30(5,6)28(36)37)25(33)26(34)19-8-10-20(31)11-9-19/h8-14,17H,1,15-16H2,2-7H3,(H,36,37). The molecule has 0 saturated carbocycles. The molecule has 9 heteroatoms. The number of carboxylic acid groups (broad SMARTS) is 1. The summed E-state index contributed by atoms with van der Waals surface area (Å²) in [7, 11) is 0. The lowest BCUT2D eigenvalue weighted by atomic mass is 9.79. The molecule has 0 aliphatic carbocycles. The van der Waals surface area contributed by atoms with E-state index in [9.17, 15) is 19.5 Å². The van der Waals surface area contributed by atoms with Gasteiger partial charge in [-0.3, -0.25) is 19.4 Å². The molecule has 206 valence electrons. The molecule has 0 unspecified atom stereocenters. The summed E-state index contributed by atoms with van der Waals surface area (Å²) >= 11 is 7.49. The summed E-state index contributed by atoms with van der Waals surface area (Å²) in [6.45, 7) is 12.5. The van der Waals surface area contributed by atoms with Crippen LogP contribution in [0.1, 0.15) is 66.6 Å². The first-order valence-electron chi connectivity index (χ1n) is 12.3. The van der Waals surface area contributed by atoms with Gasteiger partial charge in [-0.1, -0.05) is 39.0 Å². The lowest BCUT2D eigenvalue weighted by Crippen LogP contribution is -2.29. The Morgan fingerprint density at radius 1 is 1.13 bits per heavy atom. The largest absolute Gasteiger partial charge is 0.487 e. The zero-order chi connectivity index (χ0) is 29.1. The van der Waals surface area contributed by atoms with Gasteiger partial charge in [-0.05, 0) is 62.4 Å². The SMILES string of the molecule is C=C(COc1ccn2c(C(=O)c3ccc(Cl)cc3)c(CC(C)(C)C(=O)O)c(C(=O)C(C)(C)C)c2c1)N=CSC. The van der Waals surface area contributed by atoms with Crippen molar-refractivity contribution in [1.29, 1.82) is 0 Å². The first-order chi connectivity index (χ1) is 18.2. The average molecular weight is 569 g/mol. The van der Waals surface area contributed by atoms with Gasteiger partial charge in [0.25, 0.3) is 0 Å². The molecular weight excluding hydrogens is 536 g/mol. The molecule has 2 heterocycles. The van der Waals surface area contributed by atoms with E-state index >= 15 is 0 Å². The van der Waals surface area contributed by atoms with Crippen LogP contribution in [0.3, 0.4) is 0 Å². The molecule has 39 heavy (non-hydrogen) atoms. The van der Waals surface area contributed by atoms with Gasteiger partial charge in [-0.2, -0.15) is 0 Å². The van der Waals surface area contributed by atoms with Gasteiger partial charge in [0, 0.05) is 33.8 Å². The minimum absolute atomic E-state index is 0.0355. The van der Waals surface area contributed by atoms with Crippen LogP contribution in [0.15, 0.2) is 59.9 Å². The smallest absolute Gasteiger partial charge is 0.309 e. The molecule has 0 aliphatic rings. The number of aliphatic imine (C=N–C) groups is 1. The van der Waals surface area contributed by atoms with Gasteiger partial charge in [0.1, 0.15) is 12.4 Å². The van der Waals surface area contributed by atoms with Crippen molar-refractivity contribution in [2.45, 2.75) is 41.0 Å².